The number of thiazole rings is 1. The molecule has 194 valence electrons. The number of fused-ring (bicyclic) bond motifs is 1. The van der Waals surface area contributed by atoms with Gasteiger partial charge in [-0.25, -0.2) is 13.2 Å². The van der Waals surface area contributed by atoms with Crippen LogP contribution in [0.25, 0.3) is 10.2 Å². The van der Waals surface area contributed by atoms with E-state index in [1.807, 2.05) is 32.0 Å². The van der Waals surface area contributed by atoms with E-state index >= 15 is 0 Å². The quantitative estimate of drug-likeness (QED) is 0.390. The number of H-pyrrole nitrogens is 1. The van der Waals surface area contributed by atoms with Gasteiger partial charge in [-0.15, -0.1) is 11.3 Å². The highest BCUT2D eigenvalue weighted by Gasteiger charge is 2.35. The molecule has 0 saturated carbocycles. The molecule has 1 fully saturated rings. The summed E-state index contributed by atoms with van der Waals surface area (Å²) in [5.74, 6) is 0. The molecule has 2 amide bonds. The summed E-state index contributed by atoms with van der Waals surface area (Å²) in [6.07, 6.45) is -3.95. The minimum atomic E-state index is -4.63. The number of rotatable bonds is 5. The van der Waals surface area contributed by atoms with Crippen molar-refractivity contribution >= 4 is 55.5 Å². The van der Waals surface area contributed by atoms with Gasteiger partial charge < -0.3 is 10.3 Å². The van der Waals surface area contributed by atoms with Gasteiger partial charge in [0.2, 0.25) is 10.0 Å². The smallest absolute Gasteiger partial charge is 0.337 e. The predicted octanol–water partition coefficient (Wildman–Crippen LogP) is 5.76. The van der Waals surface area contributed by atoms with Gasteiger partial charge in [0.1, 0.15) is 0 Å². The molecule has 0 aliphatic carbocycles. The van der Waals surface area contributed by atoms with Crippen LogP contribution in [0.4, 0.5) is 23.7 Å². The molecule has 2 N–H and O–H groups in total. The number of aromatic nitrogens is 1. The van der Waals surface area contributed by atoms with Crippen LogP contribution in [0.2, 0.25) is 0 Å². The van der Waals surface area contributed by atoms with Gasteiger partial charge in [-0.05, 0) is 75.3 Å². The first-order valence-corrected chi connectivity index (χ1v) is 13.9. The van der Waals surface area contributed by atoms with E-state index in [0.717, 1.165) is 28.4 Å². The molecular formula is C23H25F3N4O3S3. The van der Waals surface area contributed by atoms with Gasteiger partial charge in [-0.1, -0.05) is 6.07 Å². The van der Waals surface area contributed by atoms with E-state index < -0.39 is 26.7 Å². The number of urea groups is 1. The first-order chi connectivity index (χ1) is 16.9. The van der Waals surface area contributed by atoms with Crippen molar-refractivity contribution in [2.24, 2.45) is 0 Å². The lowest BCUT2D eigenvalue weighted by atomic mass is 10.1. The lowest BCUT2D eigenvalue weighted by Crippen LogP contribution is -2.51. The third-order valence-corrected chi connectivity index (χ3v) is 9.09. The molecule has 2 aromatic carbocycles. The number of amides is 2. The molecule has 3 aromatic rings. The SMILES string of the molecule is CC(C)N(C(=O)NC1CCN(S(=O)(=O)c2cccc(C(F)(F)F)c2)CC1)c1ccc2[nH]c(=S)sc2c1. The number of nitrogens with zero attached hydrogens (tertiary/aromatic N) is 2. The molecule has 1 aliphatic rings. The van der Waals surface area contributed by atoms with Gasteiger partial charge in [-0.3, -0.25) is 4.90 Å². The molecule has 0 radical (unpaired) electrons. The number of carbonyl (C=O) groups is 1. The van der Waals surface area contributed by atoms with Crippen molar-refractivity contribution in [3.8, 4) is 0 Å². The maximum Gasteiger partial charge on any atom is 0.416 e. The van der Waals surface area contributed by atoms with E-state index in [4.69, 9.17) is 12.2 Å². The highest BCUT2D eigenvalue weighted by molar-refractivity contribution is 7.89. The minimum absolute atomic E-state index is 0.0871. The number of hydrogen-bond acceptors (Lipinski definition) is 5. The Morgan fingerprint density at radius 1 is 1.19 bits per heavy atom. The first-order valence-electron chi connectivity index (χ1n) is 11.3. The summed E-state index contributed by atoms with van der Waals surface area (Å²) < 4.78 is 67.7. The highest BCUT2D eigenvalue weighted by atomic mass is 32.2. The molecule has 1 aliphatic heterocycles. The number of hydrogen-bond donors (Lipinski definition) is 2. The highest BCUT2D eigenvalue weighted by Crippen LogP contribution is 2.32. The molecule has 0 unspecified atom stereocenters. The monoisotopic (exact) mass is 558 g/mol. The van der Waals surface area contributed by atoms with Crippen LogP contribution in [0.3, 0.4) is 0 Å². The number of halogens is 3. The molecular weight excluding hydrogens is 533 g/mol. The summed E-state index contributed by atoms with van der Waals surface area (Å²) in [6, 6.07) is 8.63. The van der Waals surface area contributed by atoms with Crippen molar-refractivity contribution in [2.45, 2.75) is 49.8 Å². The van der Waals surface area contributed by atoms with Gasteiger partial charge in [0, 0.05) is 30.9 Å². The minimum Gasteiger partial charge on any atom is -0.337 e. The van der Waals surface area contributed by atoms with Crippen LogP contribution < -0.4 is 10.2 Å². The molecule has 36 heavy (non-hydrogen) atoms. The Morgan fingerprint density at radius 3 is 2.53 bits per heavy atom. The van der Waals surface area contributed by atoms with Gasteiger partial charge in [-0.2, -0.15) is 17.5 Å². The number of aromatic amines is 1. The molecule has 4 rings (SSSR count). The second-order valence-corrected chi connectivity index (χ2v) is 12.5. The van der Waals surface area contributed by atoms with Crippen LogP contribution in [0, 0.1) is 3.95 Å². The Hall–Kier alpha value is -2.48. The number of anilines is 1. The zero-order valence-electron chi connectivity index (χ0n) is 19.5. The number of benzene rings is 2. The van der Waals surface area contributed by atoms with Crippen molar-refractivity contribution < 1.29 is 26.4 Å². The number of carbonyl (C=O) groups excluding carboxylic acids is 1. The number of piperidine rings is 1. The normalized spacial score (nSPS) is 15.9. The lowest BCUT2D eigenvalue weighted by molar-refractivity contribution is -0.137. The third kappa shape index (κ3) is 5.58. The van der Waals surface area contributed by atoms with E-state index in [0.29, 0.717) is 28.5 Å². The van der Waals surface area contributed by atoms with Crippen molar-refractivity contribution in [1.82, 2.24) is 14.6 Å². The maximum atomic E-state index is 13.2. The van der Waals surface area contributed by atoms with Crippen molar-refractivity contribution in [1.29, 1.82) is 0 Å². The zero-order chi connectivity index (χ0) is 26.3. The lowest BCUT2D eigenvalue weighted by Gasteiger charge is -2.34. The van der Waals surface area contributed by atoms with Crippen LogP contribution in [0.1, 0.15) is 32.3 Å². The van der Waals surface area contributed by atoms with E-state index in [1.54, 1.807) is 4.90 Å². The summed E-state index contributed by atoms with van der Waals surface area (Å²) in [5.41, 5.74) is 0.596. The molecule has 0 bridgehead atoms. The van der Waals surface area contributed by atoms with Crippen LogP contribution in [-0.2, 0) is 16.2 Å². The maximum absolute atomic E-state index is 13.2. The Kier molecular flexibility index (Phi) is 7.47. The van der Waals surface area contributed by atoms with Gasteiger partial charge in [0.15, 0.2) is 3.95 Å². The third-order valence-electron chi connectivity index (χ3n) is 6.00. The summed E-state index contributed by atoms with van der Waals surface area (Å²) in [6.45, 7) is 3.97. The van der Waals surface area contributed by atoms with E-state index in [9.17, 15) is 26.4 Å². The fraction of sp³-hybridized carbons (Fsp3) is 0.391. The van der Waals surface area contributed by atoms with E-state index in [-0.39, 0.29) is 31.2 Å². The van der Waals surface area contributed by atoms with Crippen molar-refractivity contribution in [3.05, 3.63) is 52.0 Å². The standard InChI is InChI=1S/C23H25F3N4O3S3/c1-14(2)30(17-6-7-19-20(13-17)35-22(34)28-19)21(31)27-16-8-10-29(11-9-16)36(32,33)18-5-3-4-15(12-18)23(24,25)26/h3-7,12-14,16H,8-11H2,1-2H3,(H,27,31)(H,28,34). The second kappa shape index (κ2) is 10.1. The van der Waals surface area contributed by atoms with E-state index in [2.05, 4.69) is 10.3 Å². The fourth-order valence-corrected chi connectivity index (χ4v) is 6.87. The topological polar surface area (TPSA) is 85.5 Å². The number of sulfonamides is 1. The van der Waals surface area contributed by atoms with Crippen molar-refractivity contribution in [3.63, 3.8) is 0 Å². The molecule has 0 spiro atoms. The first kappa shape index (κ1) is 26.6. The molecule has 13 heteroatoms. The summed E-state index contributed by atoms with van der Waals surface area (Å²) in [4.78, 5) is 17.5. The summed E-state index contributed by atoms with van der Waals surface area (Å²) >= 11 is 6.62. The molecule has 1 saturated heterocycles. The molecule has 2 heterocycles. The van der Waals surface area contributed by atoms with E-state index in [1.165, 1.54) is 15.6 Å². The van der Waals surface area contributed by atoms with Crippen molar-refractivity contribution in [2.75, 3.05) is 18.0 Å². The van der Waals surface area contributed by atoms with Crippen LogP contribution in [0.15, 0.2) is 47.4 Å². The van der Waals surface area contributed by atoms with Crippen LogP contribution >= 0.6 is 23.6 Å². The Labute approximate surface area is 216 Å². The summed E-state index contributed by atoms with van der Waals surface area (Å²) in [7, 11) is -4.09. The Balaban J connectivity index is 1.43. The van der Waals surface area contributed by atoms with Crippen LogP contribution in [-0.4, -0.2) is 48.9 Å². The van der Waals surface area contributed by atoms with Crippen LogP contribution in [0.5, 0.6) is 0 Å². The average Bonchev–Trinajstić information content (AvgIpc) is 3.18. The Morgan fingerprint density at radius 2 is 1.89 bits per heavy atom. The molecule has 1 aromatic heterocycles. The average molecular weight is 559 g/mol. The van der Waals surface area contributed by atoms with Gasteiger partial charge in [0.25, 0.3) is 0 Å². The molecule has 7 nitrogen and oxygen atoms in total. The number of nitrogens with one attached hydrogen (secondary N) is 2. The zero-order valence-corrected chi connectivity index (χ0v) is 22.0. The Bertz CT molecular complexity index is 1430. The number of alkyl halides is 3. The predicted molar refractivity (Wildman–Crippen MR) is 136 cm³/mol. The summed E-state index contributed by atoms with van der Waals surface area (Å²) in [5, 5.41) is 2.98. The molecule has 0 atom stereocenters. The van der Waals surface area contributed by atoms with Gasteiger partial charge >= 0.3 is 12.2 Å². The fourth-order valence-electron chi connectivity index (χ4n) is 4.20. The largest absolute Gasteiger partial charge is 0.416 e. The van der Waals surface area contributed by atoms with Gasteiger partial charge in [0.05, 0.1) is 20.7 Å². The second-order valence-electron chi connectivity index (χ2n) is 8.81.